The van der Waals surface area contributed by atoms with E-state index in [1.165, 1.54) is 17.9 Å². The van der Waals surface area contributed by atoms with Crippen LogP contribution in [-0.2, 0) is 33.6 Å². The van der Waals surface area contributed by atoms with Gasteiger partial charge in [-0.05, 0) is 37.3 Å². The van der Waals surface area contributed by atoms with Crippen molar-refractivity contribution in [3.05, 3.63) is 83.9 Å². The Balaban J connectivity index is 1.42. The molecular formula is C28H31NO7S. The fourth-order valence-electron chi connectivity index (χ4n) is 5.28. The maximum absolute atomic E-state index is 13.8. The average molecular weight is 526 g/mol. The minimum absolute atomic E-state index is 0.132. The van der Waals surface area contributed by atoms with Crippen LogP contribution in [0.3, 0.4) is 0 Å². The van der Waals surface area contributed by atoms with E-state index >= 15 is 0 Å². The topological polar surface area (TPSA) is 99.2 Å². The molecule has 1 amide bonds. The molecule has 3 aliphatic heterocycles. The van der Waals surface area contributed by atoms with Gasteiger partial charge in [0.25, 0.3) is 0 Å². The van der Waals surface area contributed by atoms with Gasteiger partial charge < -0.3 is 19.1 Å². The maximum atomic E-state index is 13.8. The lowest BCUT2D eigenvalue weighted by Gasteiger charge is -2.36. The minimum Gasteiger partial charge on any atom is -0.451 e. The highest BCUT2D eigenvalue weighted by atomic mass is 32.2. The predicted molar refractivity (Wildman–Crippen MR) is 136 cm³/mol. The zero-order chi connectivity index (χ0) is 26.0. The van der Waals surface area contributed by atoms with E-state index in [0.717, 1.165) is 30.4 Å². The van der Waals surface area contributed by atoms with Crippen LogP contribution in [0.4, 0.5) is 0 Å². The van der Waals surface area contributed by atoms with Crippen LogP contribution in [0, 0.1) is 0 Å². The Morgan fingerprint density at radius 1 is 1.11 bits per heavy atom. The molecule has 196 valence electrons. The third-order valence-corrected chi connectivity index (χ3v) is 10.1. The van der Waals surface area contributed by atoms with E-state index in [1.54, 1.807) is 6.08 Å². The van der Waals surface area contributed by atoms with E-state index in [4.69, 9.17) is 14.2 Å². The predicted octanol–water partition coefficient (Wildman–Crippen LogP) is 3.53. The fraction of sp³-hybridized carbons (Fsp3) is 0.429. The van der Waals surface area contributed by atoms with Crippen LogP contribution in [-0.4, -0.2) is 60.9 Å². The van der Waals surface area contributed by atoms with Gasteiger partial charge in [-0.1, -0.05) is 72.8 Å². The summed E-state index contributed by atoms with van der Waals surface area (Å²) in [6.45, 7) is 2.25. The number of amides is 1. The average Bonchev–Trinajstić information content (AvgIpc) is 3.06. The number of hydrogen-bond acceptors (Lipinski definition) is 7. The third kappa shape index (κ3) is 4.71. The van der Waals surface area contributed by atoms with Crippen molar-refractivity contribution in [3.63, 3.8) is 0 Å². The number of β-lactam (4-membered cyclic amide) rings is 1. The molecule has 3 heterocycles. The first kappa shape index (κ1) is 25.6. The van der Waals surface area contributed by atoms with Gasteiger partial charge in [-0.2, -0.15) is 0 Å². The Bertz CT molecular complexity index is 1220. The highest BCUT2D eigenvalue weighted by Gasteiger charge is 2.69. The minimum atomic E-state index is -3.89. The van der Waals surface area contributed by atoms with Crippen molar-refractivity contribution in [1.29, 1.82) is 0 Å². The van der Waals surface area contributed by atoms with E-state index < -0.39 is 38.1 Å². The summed E-state index contributed by atoms with van der Waals surface area (Å²) in [6, 6.07) is 17.2. The normalized spacial score (nSPS) is 28.8. The largest absolute Gasteiger partial charge is 0.451 e. The van der Waals surface area contributed by atoms with Crippen LogP contribution in [0.1, 0.15) is 49.8 Å². The van der Waals surface area contributed by atoms with Crippen molar-refractivity contribution in [2.75, 3.05) is 13.2 Å². The second-order valence-corrected chi connectivity index (χ2v) is 12.3. The highest BCUT2D eigenvalue weighted by Crippen LogP contribution is 2.47. The summed E-state index contributed by atoms with van der Waals surface area (Å²) in [5, 5.41) is -1.04. The molecule has 0 spiro atoms. The van der Waals surface area contributed by atoms with Gasteiger partial charge >= 0.3 is 5.97 Å². The van der Waals surface area contributed by atoms with Crippen LogP contribution in [0.5, 0.6) is 0 Å². The second kappa shape index (κ2) is 10.4. The number of sulfone groups is 1. The van der Waals surface area contributed by atoms with Crippen molar-refractivity contribution in [1.82, 2.24) is 4.90 Å². The summed E-state index contributed by atoms with van der Waals surface area (Å²) in [5.74, 6) is -1.14. The molecule has 3 saturated heterocycles. The molecule has 3 aliphatic rings. The summed E-state index contributed by atoms with van der Waals surface area (Å²) in [6.07, 6.45) is 4.64. The van der Waals surface area contributed by atoms with Crippen molar-refractivity contribution < 1.29 is 32.2 Å². The zero-order valence-corrected chi connectivity index (χ0v) is 21.5. The SMILES string of the molecule is C[C@]1(/C=C/COC2CCCCO2)[C@H](C(=O)OC(c2ccccc2)c2ccccc2)N2C(=O)C[C@H]2S1(=O)=O. The zero-order valence-electron chi connectivity index (χ0n) is 20.7. The monoisotopic (exact) mass is 525 g/mol. The first-order valence-electron chi connectivity index (χ1n) is 12.6. The number of ether oxygens (including phenoxy) is 3. The molecule has 0 bridgehead atoms. The van der Waals surface area contributed by atoms with E-state index in [2.05, 4.69) is 0 Å². The molecule has 3 fully saturated rings. The van der Waals surface area contributed by atoms with Gasteiger partial charge in [-0.15, -0.1) is 0 Å². The molecule has 2 aromatic rings. The third-order valence-electron chi connectivity index (χ3n) is 7.37. The standard InChI is InChI=1S/C28H31NO7S/c1-28(16-10-18-35-24-15-8-9-17-34-24)26(29-22(30)19-23(29)37(28,32)33)27(31)36-25(20-11-4-2-5-12-20)21-13-6-3-7-14-21/h2-7,10-14,16,23-26H,8-9,15,17-19H2,1H3/b16-10+/t23-,24?,26+,28+/m1/s1. The van der Waals surface area contributed by atoms with Gasteiger partial charge in [-0.25, -0.2) is 13.2 Å². The molecule has 0 N–H and O–H groups in total. The Kier molecular flexibility index (Phi) is 7.20. The van der Waals surface area contributed by atoms with Crippen LogP contribution >= 0.6 is 0 Å². The molecular weight excluding hydrogens is 494 g/mol. The van der Waals surface area contributed by atoms with E-state index in [1.807, 2.05) is 60.7 Å². The second-order valence-electron chi connectivity index (χ2n) is 9.76. The molecule has 8 nitrogen and oxygen atoms in total. The molecule has 0 aromatic heterocycles. The van der Waals surface area contributed by atoms with Crippen molar-refractivity contribution in [2.45, 2.75) is 61.2 Å². The molecule has 0 radical (unpaired) electrons. The van der Waals surface area contributed by atoms with E-state index in [-0.39, 0.29) is 25.2 Å². The van der Waals surface area contributed by atoms with Crippen LogP contribution in [0.25, 0.3) is 0 Å². The molecule has 0 aliphatic carbocycles. The Morgan fingerprint density at radius 3 is 2.32 bits per heavy atom. The maximum Gasteiger partial charge on any atom is 0.331 e. The number of carbonyl (C=O) groups is 2. The molecule has 2 aromatic carbocycles. The summed E-state index contributed by atoms with van der Waals surface area (Å²) in [4.78, 5) is 27.5. The number of fused-ring (bicyclic) bond motifs is 1. The quantitative estimate of drug-likeness (QED) is 0.295. The molecule has 9 heteroatoms. The van der Waals surface area contributed by atoms with Crippen LogP contribution in [0.15, 0.2) is 72.8 Å². The van der Waals surface area contributed by atoms with Gasteiger partial charge in [0.15, 0.2) is 28.3 Å². The summed E-state index contributed by atoms with van der Waals surface area (Å²) < 4.78 is 42.7. The van der Waals surface area contributed by atoms with E-state index in [0.29, 0.717) is 6.61 Å². The molecule has 1 unspecified atom stereocenters. The summed E-state index contributed by atoms with van der Waals surface area (Å²) in [5.41, 5.74) is 1.49. The van der Waals surface area contributed by atoms with Crippen molar-refractivity contribution in [3.8, 4) is 0 Å². The van der Waals surface area contributed by atoms with Gasteiger partial charge in [-0.3, -0.25) is 4.79 Å². The number of carbonyl (C=O) groups excluding carboxylic acids is 2. The van der Waals surface area contributed by atoms with Crippen molar-refractivity contribution in [2.24, 2.45) is 0 Å². The number of nitrogens with zero attached hydrogens (tertiary/aromatic N) is 1. The van der Waals surface area contributed by atoms with Gasteiger partial charge in [0, 0.05) is 6.61 Å². The Labute approximate surface area is 217 Å². The number of hydrogen-bond donors (Lipinski definition) is 0. The lowest BCUT2D eigenvalue weighted by molar-refractivity contribution is -0.163. The smallest absolute Gasteiger partial charge is 0.331 e. The molecule has 4 atom stereocenters. The van der Waals surface area contributed by atoms with Crippen molar-refractivity contribution >= 4 is 21.7 Å². The van der Waals surface area contributed by atoms with Gasteiger partial charge in [0.2, 0.25) is 5.91 Å². The van der Waals surface area contributed by atoms with E-state index in [9.17, 15) is 18.0 Å². The van der Waals surface area contributed by atoms with Crippen LogP contribution < -0.4 is 0 Å². The van der Waals surface area contributed by atoms with Gasteiger partial charge in [0.1, 0.15) is 10.1 Å². The molecule has 37 heavy (non-hydrogen) atoms. The highest BCUT2D eigenvalue weighted by molar-refractivity contribution is 7.94. The van der Waals surface area contributed by atoms with Gasteiger partial charge in [0.05, 0.1) is 13.0 Å². The molecule has 5 rings (SSSR count). The Hall–Kier alpha value is -3.01. The Morgan fingerprint density at radius 2 is 1.76 bits per heavy atom. The number of benzene rings is 2. The lowest BCUT2D eigenvalue weighted by Crippen LogP contribution is -2.57. The lowest BCUT2D eigenvalue weighted by atomic mass is 9.95. The fourth-order valence-corrected chi connectivity index (χ4v) is 7.58. The summed E-state index contributed by atoms with van der Waals surface area (Å²) >= 11 is 0. The molecule has 0 saturated carbocycles. The first-order chi connectivity index (χ1) is 17.8. The first-order valence-corrected chi connectivity index (χ1v) is 14.1. The van der Waals surface area contributed by atoms with Crippen LogP contribution in [0.2, 0.25) is 0 Å². The number of rotatable bonds is 8. The number of esters is 1. The summed E-state index contributed by atoms with van der Waals surface area (Å²) in [7, 11) is -3.89.